The molecule has 9 nitrogen and oxygen atoms in total. The van der Waals surface area contributed by atoms with Crippen LogP contribution in [0.1, 0.15) is 25.0 Å². The standard InChI is InChI=1S/C23H34O9P2/c1-3-31-34(28,32-4-2)18-33(26,27)23(25)22(30-16-20-13-9-6-10-14-20)21(24)17-29-15-19-11-7-5-8-12-19/h5-14,21-25H,3-4,15-18H2,1-2H3,(H,26,27)/t21-,22-,23+/m1/s1. The molecule has 0 heterocycles. The lowest BCUT2D eigenvalue weighted by molar-refractivity contribution is -0.110. The zero-order valence-corrected chi connectivity index (χ0v) is 21.2. The lowest BCUT2D eigenvalue weighted by Crippen LogP contribution is -2.42. The third-order valence-corrected chi connectivity index (χ3v) is 10.2. The van der Waals surface area contributed by atoms with E-state index in [1.165, 1.54) is 0 Å². The SMILES string of the molecule is CCOP(=O)(CP(=O)(O)[C@H](O)[C@H](OCc1ccccc1)[C@H](O)COCc1ccccc1)OCC. The molecule has 4 atom stereocenters. The predicted octanol–water partition coefficient (Wildman–Crippen LogP) is 3.96. The molecule has 11 heteroatoms. The van der Waals surface area contributed by atoms with Gasteiger partial charge in [-0.1, -0.05) is 60.7 Å². The van der Waals surface area contributed by atoms with Crippen molar-refractivity contribution in [3.8, 4) is 0 Å². The van der Waals surface area contributed by atoms with E-state index in [1.54, 1.807) is 38.1 Å². The van der Waals surface area contributed by atoms with Crippen LogP contribution in [0.4, 0.5) is 0 Å². The molecule has 2 aromatic rings. The van der Waals surface area contributed by atoms with E-state index in [-0.39, 0.29) is 33.0 Å². The minimum Gasteiger partial charge on any atom is -0.388 e. The number of benzene rings is 2. The Morgan fingerprint density at radius 3 is 1.82 bits per heavy atom. The second-order valence-corrected chi connectivity index (χ2v) is 12.5. The molecule has 0 radical (unpaired) electrons. The molecule has 0 aliphatic heterocycles. The Morgan fingerprint density at radius 1 is 0.824 bits per heavy atom. The van der Waals surface area contributed by atoms with Gasteiger partial charge in [0, 0.05) is 0 Å². The number of aliphatic hydroxyl groups is 2. The summed E-state index contributed by atoms with van der Waals surface area (Å²) in [6.45, 7) is 3.04. The fourth-order valence-corrected chi connectivity index (χ4v) is 8.12. The summed E-state index contributed by atoms with van der Waals surface area (Å²) >= 11 is 0. The van der Waals surface area contributed by atoms with E-state index >= 15 is 0 Å². The van der Waals surface area contributed by atoms with E-state index < -0.39 is 38.9 Å². The van der Waals surface area contributed by atoms with E-state index in [9.17, 15) is 24.2 Å². The van der Waals surface area contributed by atoms with Crippen molar-refractivity contribution in [2.45, 2.75) is 45.1 Å². The second-order valence-electron chi connectivity index (χ2n) is 7.59. The highest BCUT2D eigenvalue weighted by Crippen LogP contribution is 2.63. The first-order valence-corrected chi connectivity index (χ1v) is 14.7. The molecule has 190 valence electrons. The Bertz CT molecular complexity index is 917. The average molecular weight is 516 g/mol. The monoisotopic (exact) mass is 516 g/mol. The molecule has 1 unspecified atom stereocenters. The molecule has 0 saturated heterocycles. The molecule has 3 N–H and O–H groups in total. The third-order valence-electron chi connectivity index (χ3n) is 4.80. The van der Waals surface area contributed by atoms with Crippen molar-refractivity contribution in [3.63, 3.8) is 0 Å². The van der Waals surface area contributed by atoms with E-state index in [2.05, 4.69) is 0 Å². The summed E-state index contributed by atoms with van der Waals surface area (Å²) in [6, 6.07) is 18.2. The molecule has 0 amide bonds. The normalized spacial score (nSPS) is 16.5. The van der Waals surface area contributed by atoms with Crippen LogP contribution in [-0.2, 0) is 40.9 Å². The lowest BCUT2D eigenvalue weighted by atomic mass is 10.2. The summed E-state index contributed by atoms with van der Waals surface area (Å²) < 4.78 is 47.3. The van der Waals surface area contributed by atoms with Crippen LogP contribution in [0.2, 0.25) is 0 Å². The van der Waals surface area contributed by atoms with Gasteiger partial charge in [-0.05, 0) is 25.0 Å². The summed E-state index contributed by atoms with van der Waals surface area (Å²) in [5.41, 5.74) is 1.61. The smallest absolute Gasteiger partial charge is 0.340 e. The minimum atomic E-state index is -4.58. The van der Waals surface area contributed by atoms with Crippen LogP contribution >= 0.6 is 15.0 Å². The summed E-state index contributed by atoms with van der Waals surface area (Å²) in [7, 11) is -8.53. The molecule has 0 spiro atoms. The summed E-state index contributed by atoms with van der Waals surface area (Å²) in [4.78, 5) is 10.6. The molecule has 0 fully saturated rings. The number of aliphatic hydroxyl groups excluding tert-OH is 2. The Balaban J connectivity index is 2.14. The van der Waals surface area contributed by atoms with Crippen LogP contribution in [0, 0.1) is 0 Å². The Labute approximate surface area is 200 Å². The van der Waals surface area contributed by atoms with Crippen LogP contribution in [0.25, 0.3) is 0 Å². The zero-order valence-electron chi connectivity index (χ0n) is 19.4. The van der Waals surface area contributed by atoms with Crippen molar-refractivity contribution >= 4 is 15.0 Å². The lowest BCUT2D eigenvalue weighted by Gasteiger charge is -2.31. The fraction of sp³-hybridized carbons (Fsp3) is 0.478. The van der Waals surface area contributed by atoms with E-state index in [0.717, 1.165) is 11.1 Å². The molecule has 0 aliphatic carbocycles. The molecular formula is C23H34O9P2. The molecule has 34 heavy (non-hydrogen) atoms. The maximum atomic E-state index is 13.1. The molecule has 2 rings (SSSR count). The highest BCUT2D eigenvalue weighted by Gasteiger charge is 2.46. The predicted molar refractivity (Wildman–Crippen MR) is 129 cm³/mol. The van der Waals surface area contributed by atoms with Gasteiger partial charge in [0.2, 0.25) is 7.37 Å². The van der Waals surface area contributed by atoms with Gasteiger partial charge in [-0.3, -0.25) is 9.13 Å². The second kappa shape index (κ2) is 14.2. The third kappa shape index (κ3) is 9.34. The van der Waals surface area contributed by atoms with Gasteiger partial charge >= 0.3 is 7.60 Å². The van der Waals surface area contributed by atoms with Gasteiger partial charge in [0.25, 0.3) is 0 Å². The Morgan fingerprint density at radius 2 is 1.32 bits per heavy atom. The summed E-state index contributed by atoms with van der Waals surface area (Å²) in [5.74, 6) is -2.97. The number of ether oxygens (including phenoxy) is 2. The summed E-state index contributed by atoms with van der Waals surface area (Å²) in [5, 5.41) is 21.5. The van der Waals surface area contributed by atoms with Crippen molar-refractivity contribution < 1.29 is 42.8 Å². The van der Waals surface area contributed by atoms with E-state index in [4.69, 9.17) is 18.5 Å². The largest absolute Gasteiger partial charge is 0.388 e. The highest BCUT2D eigenvalue weighted by molar-refractivity contribution is 7.73. The van der Waals surface area contributed by atoms with Crippen LogP contribution < -0.4 is 0 Å². The maximum absolute atomic E-state index is 13.1. The molecule has 0 bridgehead atoms. The van der Waals surface area contributed by atoms with Crippen molar-refractivity contribution in [2.24, 2.45) is 0 Å². The average Bonchev–Trinajstić information content (AvgIpc) is 2.80. The first kappa shape index (κ1) is 28.9. The van der Waals surface area contributed by atoms with Crippen LogP contribution in [0.3, 0.4) is 0 Å². The maximum Gasteiger partial charge on any atom is 0.340 e. The molecular weight excluding hydrogens is 482 g/mol. The van der Waals surface area contributed by atoms with Crippen molar-refractivity contribution in [1.82, 2.24) is 0 Å². The summed E-state index contributed by atoms with van der Waals surface area (Å²) in [6.07, 6.45) is -2.94. The van der Waals surface area contributed by atoms with Crippen LogP contribution in [0.15, 0.2) is 60.7 Å². The number of rotatable bonds is 16. The number of hydrogen-bond acceptors (Lipinski definition) is 8. The van der Waals surface area contributed by atoms with Gasteiger partial charge < -0.3 is 33.6 Å². The Kier molecular flexibility index (Phi) is 12.1. The number of hydrogen-bond donors (Lipinski definition) is 3. The fourth-order valence-electron chi connectivity index (χ4n) is 3.20. The molecule has 2 aromatic carbocycles. The molecule has 0 saturated carbocycles. The first-order chi connectivity index (χ1) is 16.2. The Hall–Kier alpha value is -1.38. The van der Waals surface area contributed by atoms with Gasteiger partial charge in [-0.15, -0.1) is 0 Å². The first-order valence-electron chi connectivity index (χ1n) is 11.0. The molecule has 0 aliphatic rings. The quantitative estimate of drug-likeness (QED) is 0.284. The van der Waals surface area contributed by atoms with Gasteiger partial charge in [-0.25, -0.2) is 0 Å². The van der Waals surface area contributed by atoms with Crippen molar-refractivity contribution in [1.29, 1.82) is 0 Å². The zero-order chi connectivity index (χ0) is 25.0. The van der Waals surface area contributed by atoms with E-state index in [0.29, 0.717) is 0 Å². The minimum absolute atomic E-state index is 0.00272. The topological polar surface area (TPSA) is 132 Å². The van der Waals surface area contributed by atoms with Crippen LogP contribution in [-0.4, -0.2) is 58.9 Å². The molecule has 0 aromatic heterocycles. The van der Waals surface area contributed by atoms with Gasteiger partial charge in [0.05, 0.1) is 33.0 Å². The van der Waals surface area contributed by atoms with Gasteiger partial charge in [-0.2, -0.15) is 0 Å². The van der Waals surface area contributed by atoms with Crippen molar-refractivity contribution in [3.05, 3.63) is 71.8 Å². The van der Waals surface area contributed by atoms with E-state index in [1.807, 2.05) is 36.4 Å². The van der Waals surface area contributed by atoms with Gasteiger partial charge in [0.1, 0.15) is 18.1 Å². The van der Waals surface area contributed by atoms with Gasteiger partial charge in [0.15, 0.2) is 5.85 Å². The van der Waals surface area contributed by atoms with Crippen molar-refractivity contribution in [2.75, 3.05) is 25.7 Å². The van der Waals surface area contributed by atoms with Crippen LogP contribution in [0.5, 0.6) is 0 Å². The highest BCUT2D eigenvalue weighted by atomic mass is 31.2.